The number of nitrogens with two attached hydrogens (primary N) is 1. The molecule has 0 radical (unpaired) electrons. The van der Waals surface area contributed by atoms with E-state index in [2.05, 4.69) is 29.7 Å². The van der Waals surface area contributed by atoms with E-state index < -0.39 is 0 Å². The summed E-state index contributed by atoms with van der Waals surface area (Å²) in [6.07, 6.45) is 0. The quantitative estimate of drug-likeness (QED) is 0.387. The SMILES string of the molecule is Cc1cc(N)cc2sc3cc(=[N+](C)C)ccc-3nc12. The molecule has 3 nitrogen and oxygen atoms in total. The van der Waals surface area contributed by atoms with Crippen LogP contribution in [0.1, 0.15) is 5.56 Å². The summed E-state index contributed by atoms with van der Waals surface area (Å²) < 4.78 is 3.24. The van der Waals surface area contributed by atoms with E-state index in [0.717, 1.165) is 27.2 Å². The van der Waals surface area contributed by atoms with E-state index in [-0.39, 0.29) is 0 Å². The molecule has 0 amide bonds. The third-order valence-corrected chi connectivity index (χ3v) is 4.28. The molecule has 4 heteroatoms. The number of nitrogens with zero attached hydrogens (tertiary/aromatic N) is 2. The van der Waals surface area contributed by atoms with E-state index in [1.807, 2.05) is 26.2 Å². The summed E-state index contributed by atoms with van der Waals surface area (Å²) in [5, 5.41) is 1.19. The van der Waals surface area contributed by atoms with Crippen LogP contribution in [0.25, 0.3) is 20.8 Å². The molecule has 0 saturated carbocycles. The van der Waals surface area contributed by atoms with E-state index >= 15 is 0 Å². The Morgan fingerprint density at radius 1 is 1.16 bits per heavy atom. The first-order valence-electron chi connectivity index (χ1n) is 6.15. The molecule has 3 rings (SSSR count). The van der Waals surface area contributed by atoms with Gasteiger partial charge in [0.2, 0.25) is 5.36 Å². The second-order valence-corrected chi connectivity index (χ2v) is 6.03. The van der Waals surface area contributed by atoms with Crippen LogP contribution in [0, 0.1) is 6.92 Å². The van der Waals surface area contributed by atoms with Crippen molar-refractivity contribution in [1.82, 2.24) is 9.56 Å². The Balaban J connectivity index is 2.44. The zero-order valence-electron chi connectivity index (χ0n) is 11.3. The number of fused-ring (bicyclic) bond motifs is 2. The highest BCUT2D eigenvalue weighted by Crippen LogP contribution is 2.32. The molecule has 1 heterocycles. The summed E-state index contributed by atoms with van der Waals surface area (Å²) >= 11 is 1.74. The van der Waals surface area contributed by atoms with Crippen LogP contribution >= 0.6 is 11.3 Å². The Hall–Kier alpha value is -1.94. The Kier molecular flexibility index (Phi) is 2.75. The van der Waals surface area contributed by atoms with Crippen LogP contribution in [0.5, 0.6) is 0 Å². The lowest BCUT2D eigenvalue weighted by atomic mass is 10.2. The van der Waals surface area contributed by atoms with Crippen LogP contribution in [-0.4, -0.2) is 19.1 Å². The van der Waals surface area contributed by atoms with Gasteiger partial charge in [-0.3, -0.25) is 0 Å². The molecule has 19 heavy (non-hydrogen) atoms. The molecule has 0 spiro atoms. The first-order valence-corrected chi connectivity index (χ1v) is 6.97. The van der Waals surface area contributed by atoms with Crippen LogP contribution < -0.4 is 15.7 Å². The average molecular weight is 270 g/mol. The summed E-state index contributed by atoms with van der Waals surface area (Å²) in [6.45, 7) is 2.05. The molecule has 0 unspecified atom stereocenters. The van der Waals surface area contributed by atoms with Gasteiger partial charge in [-0.25, -0.2) is 9.56 Å². The molecule has 1 aromatic carbocycles. The van der Waals surface area contributed by atoms with E-state index in [4.69, 9.17) is 10.7 Å². The lowest BCUT2D eigenvalue weighted by Gasteiger charge is -2.08. The van der Waals surface area contributed by atoms with E-state index in [1.54, 1.807) is 11.3 Å². The molecular weight excluding hydrogens is 254 g/mol. The predicted octanol–water partition coefficient (Wildman–Crippen LogP) is 2.32. The van der Waals surface area contributed by atoms with Crippen LogP contribution in [0.2, 0.25) is 0 Å². The topological polar surface area (TPSA) is 41.9 Å². The standard InChI is InChI=1S/C15H15N3S/c1-9-6-10(16)7-14-15(9)17-12-5-4-11(18(2)3)8-13(12)19-14/h4-8,16H,1-3H3/p+1. The fraction of sp³-hybridized carbons (Fsp3) is 0.200. The van der Waals surface area contributed by atoms with Crippen molar-refractivity contribution in [3.8, 4) is 10.6 Å². The molecule has 0 fully saturated rings. The van der Waals surface area contributed by atoms with Gasteiger partial charge in [-0.15, -0.1) is 11.3 Å². The van der Waals surface area contributed by atoms with Gasteiger partial charge in [0, 0.05) is 17.8 Å². The lowest BCUT2D eigenvalue weighted by molar-refractivity contribution is 0.814. The summed E-state index contributed by atoms with van der Waals surface area (Å²) in [4.78, 5) is 5.94. The Labute approximate surface area is 116 Å². The van der Waals surface area contributed by atoms with Crippen molar-refractivity contribution in [1.29, 1.82) is 0 Å². The number of aromatic nitrogens is 1. The molecule has 0 aromatic heterocycles. The first kappa shape index (κ1) is 12.1. The maximum absolute atomic E-state index is 5.92. The molecule has 1 aliphatic carbocycles. The monoisotopic (exact) mass is 270 g/mol. The molecule has 1 aromatic rings. The van der Waals surface area contributed by atoms with Gasteiger partial charge in [0.25, 0.3) is 0 Å². The van der Waals surface area contributed by atoms with Gasteiger partial charge in [-0.2, -0.15) is 0 Å². The Morgan fingerprint density at radius 2 is 1.95 bits per heavy atom. The molecule has 96 valence electrons. The summed E-state index contributed by atoms with van der Waals surface area (Å²) in [5.41, 5.74) is 9.93. The minimum Gasteiger partial charge on any atom is -0.399 e. The van der Waals surface area contributed by atoms with Crippen molar-refractivity contribution in [2.75, 3.05) is 19.8 Å². The summed E-state index contributed by atoms with van der Waals surface area (Å²) in [5.74, 6) is 0. The molecule has 2 aliphatic rings. The van der Waals surface area contributed by atoms with Crippen molar-refractivity contribution >= 4 is 27.2 Å². The van der Waals surface area contributed by atoms with Gasteiger partial charge in [-0.05, 0) is 30.7 Å². The summed E-state index contributed by atoms with van der Waals surface area (Å²) in [7, 11) is 4.09. The first-order chi connectivity index (χ1) is 9.04. The fourth-order valence-corrected chi connectivity index (χ4v) is 3.32. The van der Waals surface area contributed by atoms with Crippen molar-refractivity contribution < 1.29 is 0 Å². The summed E-state index contributed by atoms with van der Waals surface area (Å²) in [6, 6.07) is 10.3. The number of hydrogen-bond acceptors (Lipinski definition) is 3. The fourth-order valence-electron chi connectivity index (χ4n) is 2.19. The highest BCUT2D eigenvalue weighted by Gasteiger charge is 2.10. The van der Waals surface area contributed by atoms with Crippen LogP contribution in [0.3, 0.4) is 0 Å². The molecule has 0 saturated heterocycles. The second kappa shape index (κ2) is 4.31. The molecule has 0 atom stereocenters. The molecular formula is C15H16N3S+. The van der Waals surface area contributed by atoms with Gasteiger partial charge in [0.15, 0.2) is 0 Å². The number of aryl methyl sites for hydroxylation is 1. The highest BCUT2D eigenvalue weighted by molar-refractivity contribution is 7.21. The van der Waals surface area contributed by atoms with Crippen LogP contribution in [0.4, 0.5) is 5.69 Å². The van der Waals surface area contributed by atoms with E-state index in [9.17, 15) is 0 Å². The average Bonchev–Trinajstić information content (AvgIpc) is 2.35. The predicted molar refractivity (Wildman–Crippen MR) is 82.5 cm³/mol. The van der Waals surface area contributed by atoms with E-state index in [1.165, 1.54) is 10.2 Å². The Bertz CT molecular complexity index is 813. The maximum atomic E-state index is 5.92. The zero-order valence-corrected chi connectivity index (χ0v) is 12.1. The third-order valence-electron chi connectivity index (χ3n) is 3.20. The number of anilines is 1. The van der Waals surface area contributed by atoms with Gasteiger partial charge in [-0.1, -0.05) is 0 Å². The minimum absolute atomic E-state index is 0.797. The third kappa shape index (κ3) is 2.08. The maximum Gasteiger partial charge on any atom is 0.201 e. The highest BCUT2D eigenvalue weighted by atomic mass is 32.1. The van der Waals surface area contributed by atoms with Crippen molar-refractivity contribution in [2.24, 2.45) is 0 Å². The lowest BCUT2D eigenvalue weighted by Crippen LogP contribution is -2.21. The van der Waals surface area contributed by atoms with Gasteiger partial charge < -0.3 is 5.73 Å². The van der Waals surface area contributed by atoms with Crippen molar-refractivity contribution in [3.63, 3.8) is 0 Å². The smallest absolute Gasteiger partial charge is 0.201 e. The van der Waals surface area contributed by atoms with Gasteiger partial charge in [0.1, 0.15) is 14.1 Å². The zero-order chi connectivity index (χ0) is 13.6. The van der Waals surface area contributed by atoms with Crippen LogP contribution in [0.15, 0.2) is 30.3 Å². The number of nitrogen functional groups attached to an aromatic ring is 1. The molecule has 1 aliphatic heterocycles. The Morgan fingerprint density at radius 3 is 2.68 bits per heavy atom. The molecule has 2 N–H and O–H groups in total. The molecule has 0 bridgehead atoms. The van der Waals surface area contributed by atoms with E-state index in [0.29, 0.717) is 0 Å². The minimum atomic E-state index is 0.797. The number of benzene rings is 2. The van der Waals surface area contributed by atoms with Crippen molar-refractivity contribution in [2.45, 2.75) is 6.92 Å². The van der Waals surface area contributed by atoms with Gasteiger partial charge in [0.05, 0.1) is 20.8 Å². The van der Waals surface area contributed by atoms with Crippen molar-refractivity contribution in [3.05, 3.63) is 41.3 Å². The normalized spacial score (nSPS) is 11.1. The van der Waals surface area contributed by atoms with Gasteiger partial charge >= 0.3 is 0 Å². The second-order valence-electron chi connectivity index (χ2n) is 4.94. The largest absolute Gasteiger partial charge is 0.399 e. The number of hydrogen-bond donors (Lipinski definition) is 1. The number of rotatable bonds is 0. The van der Waals surface area contributed by atoms with Crippen LogP contribution in [-0.2, 0) is 0 Å².